The number of rotatable bonds is 3. The first-order chi connectivity index (χ1) is 6.74. The van der Waals surface area contributed by atoms with Gasteiger partial charge in [0.25, 0.3) is 0 Å². The highest BCUT2D eigenvalue weighted by Gasteiger charge is 2.18. The molecule has 1 aromatic heterocycles. The zero-order chi connectivity index (χ0) is 9.97. The van der Waals surface area contributed by atoms with Gasteiger partial charge in [0.1, 0.15) is 0 Å². The Kier molecular flexibility index (Phi) is 2.79. The fourth-order valence-corrected chi connectivity index (χ4v) is 1.76. The topological polar surface area (TPSA) is 68.2 Å². The van der Waals surface area contributed by atoms with Crippen LogP contribution in [0.2, 0.25) is 0 Å². The monoisotopic (exact) mass is 196 g/mol. The van der Waals surface area contributed by atoms with Gasteiger partial charge < -0.3 is 15.2 Å². The lowest BCUT2D eigenvalue weighted by Crippen LogP contribution is -2.28. The van der Waals surface area contributed by atoms with E-state index in [-0.39, 0.29) is 0 Å². The van der Waals surface area contributed by atoms with Gasteiger partial charge in [-0.05, 0) is 19.9 Å². The maximum absolute atomic E-state index is 5.81. The van der Waals surface area contributed by atoms with Crippen LogP contribution in [-0.4, -0.2) is 40.7 Å². The molecule has 0 spiro atoms. The molecule has 14 heavy (non-hydrogen) atoms. The molecule has 5 heteroatoms. The first-order valence-electron chi connectivity index (χ1n) is 5.01. The van der Waals surface area contributed by atoms with Crippen molar-refractivity contribution in [3.63, 3.8) is 0 Å². The average Bonchev–Trinajstić information content (AvgIpc) is 2.72. The molecule has 0 radical (unpaired) electrons. The van der Waals surface area contributed by atoms with E-state index in [1.165, 1.54) is 0 Å². The van der Waals surface area contributed by atoms with Gasteiger partial charge in [-0.25, -0.2) is 0 Å². The van der Waals surface area contributed by atoms with Crippen molar-refractivity contribution in [2.45, 2.75) is 25.8 Å². The van der Waals surface area contributed by atoms with Crippen LogP contribution in [0.15, 0.2) is 4.52 Å². The Hall–Kier alpha value is -0.940. The summed E-state index contributed by atoms with van der Waals surface area (Å²) in [4.78, 5) is 6.49. The molecule has 1 atom stereocenters. The first kappa shape index (κ1) is 9.61. The van der Waals surface area contributed by atoms with Crippen LogP contribution in [0.1, 0.15) is 18.1 Å². The van der Waals surface area contributed by atoms with Crippen molar-refractivity contribution in [1.29, 1.82) is 0 Å². The Morgan fingerprint density at radius 2 is 2.50 bits per heavy atom. The number of nitrogens with two attached hydrogens (primary N) is 1. The van der Waals surface area contributed by atoms with Crippen molar-refractivity contribution < 1.29 is 4.52 Å². The summed E-state index contributed by atoms with van der Waals surface area (Å²) in [6, 6.07) is 0.347. The predicted molar refractivity (Wildman–Crippen MR) is 51.8 cm³/mol. The molecule has 1 saturated heterocycles. The van der Waals surface area contributed by atoms with E-state index in [1.54, 1.807) is 0 Å². The van der Waals surface area contributed by atoms with Gasteiger partial charge in [-0.1, -0.05) is 5.16 Å². The van der Waals surface area contributed by atoms with Crippen molar-refractivity contribution in [1.82, 2.24) is 15.0 Å². The number of likely N-dealkylation sites (tertiary alicyclic amines) is 1. The minimum atomic E-state index is 0.347. The van der Waals surface area contributed by atoms with Crippen LogP contribution in [0.4, 0.5) is 0 Å². The molecular weight excluding hydrogens is 180 g/mol. The van der Waals surface area contributed by atoms with Gasteiger partial charge in [0, 0.05) is 25.6 Å². The number of aromatic nitrogens is 2. The van der Waals surface area contributed by atoms with E-state index >= 15 is 0 Å². The standard InChI is InChI=1S/C9H16N4O/c1-7-11-9(14-12-7)3-5-13-4-2-8(10)6-13/h8H,2-6,10H2,1H3. The normalized spacial score (nSPS) is 23.1. The van der Waals surface area contributed by atoms with Crippen LogP contribution in [-0.2, 0) is 6.42 Å². The van der Waals surface area contributed by atoms with Gasteiger partial charge in [0.2, 0.25) is 5.89 Å². The molecule has 5 nitrogen and oxygen atoms in total. The SMILES string of the molecule is Cc1noc(CCN2CCC(N)C2)n1. The molecule has 0 aliphatic carbocycles. The van der Waals surface area contributed by atoms with Crippen LogP contribution in [0.3, 0.4) is 0 Å². The van der Waals surface area contributed by atoms with E-state index in [4.69, 9.17) is 10.3 Å². The second kappa shape index (κ2) is 4.06. The second-order valence-corrected chi connectivity index (χ2v) is 3.83. The average molecular weight is 196 g/mol. The fourth-order valence-electron chi connectivity index (χ4n) is 1.76. The van der Waals surface area contributed by atoms with E-state index in [0.717, 1.165) is 38.4 Å². The smallest absolute Gasteiger partial charge is 0.227 e. The number of hydrogen-bond donors (Lipinski definition) is 1. The molecule has 0 bridgehead atoms. The maximum atomic E-state index is 5.81. The third-order valence-corrected chi connectivity index (χ3v) is 2.52. The lowest BCUT2D eigenvalue weighted by Gasteiger charge is -2.12. The van der Waals surface area contributed by atoms with Gasteiger partial charge in [-0.15, -0.1) is 0 Å². The zero-order valence-electron chi connectivity index (χ0n) is 8.44. The molecule has 1 fully saturated rings. The molecule has 1 aliphatic heterocycles. The minimum absolute atomic E-state index is 0.347. The molecule has 2 N–H and O–H groups in total. The number of hydrogen-bond acceptors (Lipinski definition) is 5. The van der Waals surface area contributed by atoms with Gasteiger partial charge in [0.15, 0.2) is 5.82 Å². The van der Waals surface area contributed by atoms with Crippen molar-refractivity contribution in [3.8, 4) is 0 Å². The zero-order valence-corrected chi connectivity index (χ0v) is 8.44. The largest absolute Gasteiger partial charge is 0.339 e. The maximum Gasteiger partial charge on any atom is 0.227 e. The first-order valence-corrected chi connectivity index (χ1v) is 5.01. The minimum Gasteiger partial charge on any atom is -0.339 e. The third-order valence-electron chi connectivity index (χ3n) is 2.52. The van der Waals surface area contributed by atoms with E-state index in [9.17, 15) is 0 Å². The van der Waals surface area contributed by atoms with Gasteiger partial charge in [0.05, 0.1) is 0 Å². The summed E-state index contributed by atoms with van der Waals surface area (Å²) in [6.45, 7) is 4.88. The lowest BCUT2D eigenvalue weighted by molar-refractivity contribution is 0.308. The predicted octanol–water partition coefficient (Wildman–Crippen LogP) is -0.0465. The lowest BCUT2D eigenvalue weighted by atomic mass is 10.3. The molecular formula is C9H16N4O. The van der Waals surface area contributed by atoms with Crippen LogP contribution in [0.25, 0.3) is 0 Å². The van der Waals surface area contributed by atoms with E-state index in [2.05, 4.69) is 15.0 Å². The summed E-state index contributed by atoms with van der Waals surface area (Å²) in [5, 5.41) is 3.75. The summed E-state index contributed by atoms with van der Waals surface area (Å²) >= 11 is 0. The van der Waals surface area contributed by atoms with Gasteiger partial charge >= 0.3 is 0 Å². The molecule has 2 rings (SSSR count). The Balaban J connectivity index is 1.77. The Morgan fingerprint density at radius 1 is 1.64 bits per heavy atom. The summed E-state index contributed by atoms with van der Waals surface area (Å²) in [7, 11) is 0. The van der Waals surface area contributed by atoms with Crippen molar-refractivity contribution in [2.75, 3.05) is 19.6 Å². The highest BCUT2D eigenvalue weighted by atomic mass is 16.5. The Morgan fingerprint density at radius 3 is 3.07 bits per heavy atom. The molecule has 0 aromatic carbocycles. The fraction of sp³-hybridized carbons (Fsp3) is 0.778. The van der Waals surface area contributed by atoms with Crippen LogP contribution in [0.5, 0.6) is 0 Å². The number of nitrogens with zero attached hydrogens (tertiary/aromatic N) is 3. The van der Waals surface area contributed by atoms with Gasteiger partial charge in [-0.3, -0.25) is 0 Å². The van der Waals surface area contributed by atoms with Crippen molar-refractivity contribution in [3.05, 3.63) is 11.7 Å². The second-order valence-electron chi connectivity index (χ2n) is 3.83. The van der Waals surface area contributed by atoms with E-state index in [0.29, 0.717) is 11.9 Å². The molecule has 0 saturated carbocycles. The Labute approximate surface area is 83.3 Å². The summed E-state index contributed by atoms with van der Waals surface area (Å²) in [5.41, 5.74) is 5.81. The van der Waals surface area contributed by atoms with E-state index < -0.39 is 0 Å². The molecule has 1 aromatic rings. The van der Waals surface area contributed by atoms with Gasteiger partial charge in [-0.2, -0.15) is 4.98 Å². The molecule has 1 unspecified atom stereocenters. The van der Waals surface area contributed by atoms with Crippen LogP contribution in [0, 0.1) is 6.92 Å². The van der Waals surface area contributed by atoms with Crippen LogP contribution >= 0.6 is 0 Å². The summed E-state index contributed by atoms with van der Waals surface area (Å²) < 4.78 is 5.03. The summed E-state index contributed by atoms with van der Waals surface area (Å²) in [5.74, 6) is 1.43. The van der Waals surface area contributed by atoms with Crippen molar-refractivity contribution in [2.24, 2.45) is 5.73 Å². The number of aryl methyl sites for hydroxylation is 1. The summed E-state index contributed by atoms with van der Waals surface area (Å²) in [6.07, 6.45) is 1.93. The quantitative estimate of drug-likeness (QED) is 0.734. The Bertz CT molecular complexity index is 299. The molecule has 0 amide bonds. The van der Waals surface area contributed by atoms with Crippen molar-refractivity contribution >= 4 is 0 Å². The highest BCUT2D eigenvalue weighted by Crippen LogP contribution is 2.07. The third kappa shape index (κ3) is 2.30. The molecule has 2 heterocycles. The van der Waals surface area contributed by atoms with Crippen LogP contribution < -0.4 is 5.73 Å². The molecule has 1 aliphatic rings. The highest BCUT2D eigenvalue weighted by molar-refractivity contribution is 4.85. The van der Waals surface area contributed by atoms with E-state index in [1.807, 2.05) is 6.92 Å². The molecule has 78 valence electrons.